The molecule has 8 heteroatoms. The molecule has 0 aliphatic carbocycles. The molecule has 134 valence electrons. The summed E-state index contributed by atoms with van der Waals surface area (Å²) in [5.74, 6) is -0.459. The quantitative estimate of drug-likeness (QED) is 0.653. The first-order valence-corrected chi connectivity index (χ1v) is 7.66. The van der Waals surface area contributed by atoms with Crippen molar-refractivity contribution >= 4 is 11.5 Å². The molecule has 0 spiro atoms. The van der Waals surface area contributed by atoms with Crippen LogP contribution in [0.3, 0.4) is 0 Å². The summed E-state index contributed by atoms with van der Waals surface area (Å²) in [6, 6.07) is 12.0. The largest absolute Gasteiger partial charge is 0.503 e. The number of nitrogens with zero attached hydrogens (tertiary/aromatic N) is 2. The van der Waals surface area contributed by atoms with Gasteiger partial charge in [0.05, 0.1) is 5.56 Å². The van der Waals surface area contributed by atoms with E-state index >= 15 is 0 Å². The predicted octanol–water partition coefficient (Wildman–Crippen LogP) is 4.07. The number of hydrogen-bond acceptors (Lipinski definition) is 5. The summed E-state index contributed by atoms with van der Waals surface area (Å²) in [5.41, 5.74) is 5.76. The fourth-order valence-corrected chi connectivity index (χ4v) is 2.47. The van der Waals surface area contributed by atoms with Crippen molar-refractivity contribution in [2.45, 2.75) is 12.7 Å². The first-order chi connectivity index (χ1) is 12.4. The van der Waals surface area contributed by atoms with Crippen LogP contribution in [-0.2, 0) is 12.7 Å². The molecule has 1 heterocycles. The monoisotopic (exact) mass is 360 g/mol. The standard InChI is InChI=1S/C18H15F3N4O/c19-18(20,21)14-4-2-1-3-13(14)15-16(26)17(24-10-23-15)25-12-7-5-11(9-22)6-8-12/h1-8,10,26H,9,22H2,(H,23,24,25). The summed E-state index contributed by atoms with van der Waals surface area (Å²) >= 11 is 0. The van der Waals surface area contributed by atoms with Gasteiger partial charge in [0.15, 0.2) is 11.6 Å². The lowest BCUT2D eigenvalue weighted by molar-refractivity contribution is -0.137. The molecule has 0 aliphatic heterocycles. The van der Waals surface area contributed by atoms with Crippen molar-refractivity contribution in [3.63, 3.8) is 0 Å². The molecule has 0 bridgehead atoms. The Balaban J connectivity index is 2.00. The van der Waals surface area contributed by atoms with E-state index in [2.05, 4.69) is 15.3 Å². The van der Waals surface area contributed by atoms with Crippen LogP contribution in [0.15, 0.2) is 54.9 Å². The molecule has 26 heavy (non-hydrogen) atoms. The molecular formula is C18H15F3N4O. The van der Waals surface area contributed by atoms with E-state index in [0.29, 0.717) is 12.2 Å². The SMILES string of the molecule is NCc1ccc(Nc2ncnc(-c3ccccc3C(F)(F)F)c2O)cc1. The zero-order valence-electron chi connectivity index (χ0n) is 13.5. The Kier molecular flexibility index (Phi) is 4.77. The van der Waals surface area contributed by atoms with Gasteiger partial charge >= 0.3 is 6.18 Å². The molecule has 0 saturated carbocycles. The summed E-state index contributed by atoms with van der Waals surface area (Å²) in [5, 5.41) is 13.3. The molecule has 0 saturated heterocycles. The lowest BCUT2D eigenvalue weighted by atomic mass is 10.0. The Labute approximate surface area is 147 Å². The zero-order chi connectivity index (χ0) is 18.7. The lowest BCUT2D eigenvalue weighted by Crippen LogP contribution is -2.08. The molecule has 0 atom stereocenters. The number of nitrogens with two attached hydrogens (primary N) is 1. The summed E-state index contributed by atoms with van der Waals surface area (Å²) in [4.78, 5) is 7.75. The van der Waals surface area contributed by atoms with Crippen LogP contribution >= 0.6 is 0 Å². The van der Waals surface area contributed by atoms with Crippen molar-refractivity contribution in [3.05, 3.63) is 66.0 Å². The summed E-state index contributed by atoms with van der Waals surface area (Å²) in [6.45, 7) is 0.386. The number of rotatable bonds is 4. The second-order valence-corrected chi connectivity index (χ2v) is 5.49. The molecule has 0 fully saturated rings. The first-order valence-electron chi connectivity index (χ1n) is 7.66. The fourth-order valence-electron chi connectivity index (χ4n) is 2.47. The minimum absolute atomic E-state index is 0.00692. The number of aromatic hydroxyl groups is 1. The van der Waals surface area contributed by atoms with Gasteiger partial charge in [0.25, 0.3) is 0 Å². The minimum atomic E-state index is -4.57. The van der Waals surface area contributed by atoms with Gasteiger partial charge in [-0.25, -0.2) is 9.97 Å². The number of nitrogens with one attached hydrogen (secondary N) is 1. The van der Waals surface area contributed by atoms with Gasteiger partial charge in [0.1, 0.15) is 12.0 Å². The van der Waals surface area contributed by atoms with Crippen LogP contribution in [0.2, 0.25) is 0 Å². The van der Waals surface area contributed by atoms with E-state index in [-0.39, 0.29) is 17.1 Å². The summed E-state index contributed by atoms with van der Waals surface area (Å²) in [6.07, 6.45) is -3.47. The van der Waals surface area contributed by atoms with E-state index in [4.69, 9.17) is 5.73 Å². The molecule has 0 radical (unpaired) electrons. The average molecular weight is 360 g/mol. The van der Waals surface area contributed by atoms with Crippen LogP contribution in [-0.4, -0.2) is 15.1 Å². The van der Waals surface area contributed by atoms with E-state index in [0.717, 1.165) is 18.0 Å². The number of benzene rings is 2. The molecule has 3 rings (SSSR count). The number of anilines is 2. The van der Waals surface area contributed by atoms with Crippen LogP contribution in [0.4, 0.5) is 24.7 Å². The van der Waals surface area contributed by atoms with Crippen molar-refractivity contribution in [2.75, 3.05) is 5.32 Å². The number of aromatic nitrogens is 2. The molecule has 0 amide bonds. The summed E-state index contributed by atoms with van der Waals surface area (Å²) in [7, 11) is 0. The minimum Gasteiger partial charge on any atom is -0.503 e. The highest BCUT2D eigenvalue weighted by Gasteiger charge is 2.34. The van der Waals surface area contributed by atoms with Crippen LogP contribution in [0.25, 0.3) is 11.3 Å². The van der Waals surface area contributed by atoms with Crippen LogP contribution < -0.4 is 11.1 Å². The smallest absolute Gasteiger partial charge is 0.417 e. The van der Waals surface area contributed by atoms with Crippen LogP contribution in [0, 0.1) is 0 Å². The Morgan fingerprint density at radius 3 is 2.35 bits per heavy atom. The van der Waals surface area contributed by atoms with Gasteiger partial charge in [0.2, 0.25) is 0 Å². The number of halogens is 3. The van der Waals surface area contributed by atoms with E-state index in [9.17, 15) is 18.3 Å². The molecule has 4 N–H and O–H groups in total. The van der Waals surface area contributed by atoms with Gasteiger partial charge < -0.3 is 16.2 Å². The van der Waals surface area contributed by atoms with Crippen LogP contribution in [0.1, 0.15) is 11.1 Å². The van der Waals surface area contributed by atoms with E-state index in [1.165, 1.54) is 18.2 Å². The third-order valence-electron chi connectivity index (χ3n) is 3.76. The summed E-state index contributed by atoms with van der Waals surface area (Å²) < 4.78 is 39.7. The number of alkyl halides is 3. The average Bonchev–Trinajstić information content (AvgIpc) is 2.63. The predicted molar refractivity (Wildman–Crippen MR) is 91.8 cm³/mol. The number of hydrogen-bond donors (Lipinski definition) is 3. The molecule has 3 aromatic rings. The second kappa shape index (κ2) is 7.01. The van der Waals surface area contributed by atoms with E-state index < -0.39 is 17.5 Å². The molecule has 5 nitrogen and oxygen atoms in total. The Morgan fingerprint density at radius 1 is 1.00 bits per heavy atom. The Bertz CT molecular complexity index is 911. The lowest BCUT2D eigenvalue weighted by Gasteiger charge is -2.14. The van der Waals surface area contributed by atoms with Crippen molar-refractivity contribution in [1.29, 1.82) is 0 Å². The van der Waals surface area contributed by atoms with Crippen molar-refractivity contribution < 1.29 is 18.3 Å². The maximum atomic E-state index is 13.2. The van der Waals surface area contributed by atoms with Gasteiger partial charge in [-0.15, -0.1) is 0 Å². The fraction of sp³-hybridized carbons (Fsp3) is 0.111. The maximum absolute atomic E-state index is 13.2. The topological polar surface area (TPSA) is 84.1 Å². The molecule has 0 unspecified atom stereocenters. The van der Waals surface area contributed by atoms with Crippen molar-refractivity contribution in [3.8, 4) is 17.0 Å². The van der Waals surface area contributed by atoms with Crippen molar-refractivity contribution in [2.24, 2.45) is 5.73 Å². The van der Waals surface area contributed by atoms with Gasteiger partial charge in [-0.05, 0) is 23.8 Å². The molecule has 2 aromatic carbocycles. The third kappa shape index (κ3) is 3.60. The maximum Gasteiger partial charge on any atom is 0.417 e. The van der Waals surface area contributed by atoms with Gasteiger partial charge in [-0.1, -0.05) is 30.3 Å². The normalized spacial score (nSPS) is 11.4. The molecular weight excluding hydrogens is 345 g/mol. The molecule has 0 aliphatic rings. The third-order valence-corrected chi connectivity index (χ3v) is 3.76. The zero-order valence-corrected chi connectivity index (χ0v) is 13.5. The first kappa shape index (κ1) is 17.7. The van der Waals surface area contributed by atoms with Gasteiger partial charge in [0, 0.05) is 17.8 Å². The highest BCUT2D eigenvalue weighted by Crippen LogP contribution is 2.40. The Morgan fingerprint density at radius 2 is 1.69 bits per heavy atom. The molecule has 1 aromatic heterocycles. The van der Waals surface area contributed by atoms with Gasteiger partial charge in [-0.2, -0.15) is 13.2 Å². The second-order valence-electron chi connectivity index (χ2n) is 5.49. The highest BCUT2D eigenvalue weighted by atomic mass is 19.4. The van der Waals surface area contributed by atoms with E-state index in [1.807, 2.05) is 0 Å². The van der Waals surface area contributed by atoms with E-state index in [1.54, 1.807) is 24.3 Å². The highest BCUT2D eigenvalue weighted by molar-refractivity contribution is 5.76. The van der Waals surface area contributed by atoms with Crippen LogP contribution in [0.5, 0.6) is 5.75 Å². The Hall–Kier alpha value is -3.13. The van der Waals surface area contributed by atoms with Crippen molar-refractivity contribution in [1.82, 2.24) is 9.97 Å². The van der Waals surface area contributed by atoms with Gasteiger partial charge in [-0.3, -0.25) is 0 Å².